The lowest BCUT2D eigenvalue weighted by Gasteiger charge is -2.14. The van der Waals surface area contributed by atoms with Crippen molar-refractivity contribution >= 4 is 15.7 Å². The van der Waals surface area contributed by atoms with Crippen LogP contribution >= 0.6 is 0 Å². The molecule has 0 aliphatic carbocycles. The summed E-state index contributed by atoms with van der Waals surface area (Å²) in [6, 6.07) is 5.72. The zero-order chi connectivity index (χ0) is 15.3. The summed E-state index contributed by atoms with van der Waals surface area (Å²) in [4.78, 5) is 11.8. The molecule has 0 heterocycles. The molecule has 0 saturated carbocycles. The maximum absolute atomic E-state index is 12.3. The number of hydrogen-bond donors (Lipinski definition) is 1. The normalized spacial score (nSPS) is 13.0. The first-order valence-electron chi connectivity index (χ1n) is 6.83. The summed E-state index contributed by atoms with van der Waals surface area (Å²) < 4.78 is 24.6. The van der Waals surface area contributed by atoms with Gasteiger partial charge in [0, 0.05) is 6.54 Å². The number of hydrogen-bond acceptors (Lipinski definition) is 3. The van der Waals surface area contributed by atoms with E-state index in [1.807, 2.05) is 39.0 Å². The van der Waals surface area contributed by atoms with Crippen LogP contribution in [0.1, 0.15) is 37.0 Å². The van der Waals surface area contributed by atoms with E-state index in [0.717, 1.165) is 23.1 Å². The molecule has 4 nitrogen and oxygen atoms in total. The number of rotatable bonds is 6. The molecular weight excluding hydrogens is 274 g/mol. The van der Waals surface area contributed by atoms with Crippen LogP contribution in [-0.4, -0.2) is 26.1 Å². The predicted octanol–water partition coefficient (Wildman–Crippen LogP) is 2.13. The molecule has 1 aromatic carbocycles. The summed E-state index contributed by atoms with van der Waals surface area (Å²) in [6.45, 7) is 7.68. The summed E-state index contributed by atoms with van der Waals surface area (Å²) >= 11 is 0. The van der Waals surface area contributed by atoms with Gasteiger partial charge in [-0.2, -0.15) is 0 Å². The van der Waals surface area contributed by atoms with E-state index < -0.39 is 21.0 Å². The van der Waals surface area contributed by atoms with E-state index in [1.165, 1.54) is 6.92 Å². The minimum atomic E-state index is -3.49. The van der Waals surface area contributed by atoms with Crippen molar-refractivity contribution in [2.24, 2.45) is 0 Å². The summed E-state index contributed by atoms with van der Waals surface area (Å²) in [7, 11) is -3.49. The Morgan fingerprint density at radius 1 is 1.30 bits per heavy atom. The third-order valence-corrected chi connectivity index (χ3v) is 5.32. The minimum Gasteiger partial charge on any atom is -0.355 e. The van der Waals surface area contributed by atoms with Gasteiger partial charge in [-0.1, -0.05) is 30.7 Å². The van der Waals surface area contributed by atoms with Crippen molar-refractivity contribution in [3.63, 3.8) is 0 Å². The Morgan fingerprint density at radius 2 is 1.95 bits per heavy atom. The lowest BCUT2D eigenvalue weighted by Crippen LogP contribution is -2.38. The van der Waals surface area contributed by atoms with Crippen LogP contribution in [-0.2, 0) is 20.4 Å². The third-order valence-electron chi connectivity index (χ3n) is 3.32. The first kappa shape index (κ1) is 16.7. The molecule has 0 saturated heterocycles. The fourth-order valence-corrected chi connectivity index (χ4v) is 3.26. The van der Waals surface area contributed by atoms with Crippen LogP contribution in [0.2, 0.25) is 0 Å². The summed E-state index contributed by atoms with van der Waals surface area (Å²) in [5, 5.41) is 1.61. The largest absolute Gasteiger partial charge is 0.355 e. The highest BCUT2D eigenvalue weighted by Crippen LogP contribution is 2.17. The van der Waals surface area contributed by atoms with Gasteiger partial charge in [-0.15, -0.1) is 0 Å². The van der Waals surface area contributed by atoms with Crippen molar-refractivity contribution in [3.05, 3.63) is 34.9 Å². The second-order valence-electron chi connectivity index (χ2n) is 5.17. The van der Waals surface area contributed by atoms with Gasteiger partial charge in [-0.3, -0.25) is 4.79 Å². The van der Waals surface area contributed by atoms with Crippen LogP contribution < -0.4 is 5.32 Å². The summed E-state index contributed by atoms with van der Waals surface area (Å²) in [6.07, 6.45) is 0.787. The first-order chi connectivity index (χ1) is 9.27. The Morgan fingerprint density at radius 3 is 2.55 bits per heavy atom. The summed E-state index contributed by atoms with van der Waals surface area (Å²) in [5.41, 5.74) is 2.71. The quantitative estimate of drug-likeness (QED) is 0.875. The van der Waals surface area contributed by atoms with Crippen LogP contribution in [0.5, 0.6) is 0 Å². The zero-order valence-electron chi connectivity index (χ0n) is 12.6. The second kappa shape index (κ2) is 6.88. The fourth-order valence-electron chi connectivity index (χ4n) is 1.85. The number of aryl methyl sites for hydroxylation is 2. The summed E-state index contributed by atoms with van der Waals surface area (Å²) in [5.74, 6) is -0.515. The Labute approximate surface area is 121 Å². The van der Waals surface area contributed by atoms with E-state index in [-0.39, 0.29) is 5.75 Å². The molecule has 0 aliphatic rings. The van der Waals surface area contributed by atoms with E-state index in [9.17, 15) is 13.2 Å². The lowest BCUT2D eigenvalue weighted by molar-refractivity contribution is -0.120. The second-order valence-corrected chi connectivity index (χ2v) is 7.49. The molecule has 1 unspecified atom stereocenters. The van der Waals surface area contributed by atoms with Crippen molar-refractivity contribution in [1.82, 2.24) is 5.32 Å². The Balaban J connectivity index is 2.89. The Hall–Kier alpha value is -1.36. The molecule has 5 heteroatoms. The first-order valence-corrected chi connectivity index (χ1v) is 8.55. The Kier molecular flexibility index (Phi) is 5.74. The maximum Gasteiger partial charge on any atom is 0.238 e. The topological polar surface area (TPSA) is 63.2 Å². The number of carbonyl (C=O) groups excluding carboxylic acids is 1. The SMILES string of the molecule is CCCNC(=O)C(C)S(=O)(=O)Cc1cc(C)ccc1C. The van der Waals surface area contributed by atoms with E-state index in [0.29, 0.717) is 6.54 Å². The zero-order valence-corrected chi connectivity index (χ0v) is 13.4. The molecule has 0 fully saturated rings. The number of amides is 1. The molecule has 1 amide bonds. The molecule has 0 bridgehead atoms. The fraction of sp³-hybridized carbons (Fsp3) is 0.533. The highest BCUT2D eigenvalue weighted by Gasteiger charge is 2.28. The van der Waals surface area contributed by atoms with Crippen molar-refractivity contribution < 1.29 is 13.2 Å². The van der Waals surface area contributed by atoms with Gasteiger partial charge in [0.25, 0.3) is 0 Å². The average Bonchev–Trinajstić information content (AvgIpc) is 2.39. The van der Waals surface area contributed by atoms with E-state index in [2.05, 4.69) is 5.32 Å². The molecule has 20 heavy (non-hydrogen) atoms. The maximum atomic E-state index is 12.3. The van der Waals surface area contributed by atoms with Crippen molar-refractivity contribution in [2.45, 2.75) is 45.1 Å². The van der Waals surface area contributed by atoms with Gasteiger partial charge in [0.2, 0.25) is 5.91 Å². The van der Waals surface area contributed by atoms with E-state index >= 15 is 0 Å². The predicted molar refractivity (Wildman–Crippen MR) is 81.3 cm³/mol. The number of carbonyl (C=O) groups is 1. The smallest absolute Gasteiger partial charge is 0.238 e. The molecule has 1 atom stereocenters. The molecule has 1 rings (SSSR count). The van der Waals surface area contributed by atoms with E-state index in [1.54, 1.807) is 0 Å². The Bertz CT molecular complexity index is 579. The standard InChI is InChI=1S/C15H23NO3S/c1-5-8-16-15(17)13(4)20(18,19)10-14-9-11(2)6-7-12(14)3/h6-7,9,13H,5,8,10H2,1-4H3,(H,16,17). The highest BCUT2D eigenvalue weighted by molar-refractivity contribution is 7.92. The molecule has 0 aromatic heterocycles. The molecule has 0 radical (unpaired) electrons. The van der Waals surface area contributed by atoms with E-state index in [4.69, 9.17) is 0 Å². The van der Waals surface area contributed by atoms with Gasteiger partial charge in [0.1, 0.15) is 5.25 Å². The van der Waals surface area contributed by atoms with Crippen LogP contribution in [0.15, 0.2) is 18.2 Å². The molecule has 0 spiro atoms. The van der Waals surface area contributed by atoms with Crippen LogP contribution in [0.25, 0.3) is 0 Å². The molecular formula is C15H23NO3S. The van der Waals surface area contributed by atoms with Crippen molar-refractivity contribution in [3.8, 4) is 0 Å². The molecule has 1 N–H and O–H groups in total. The van der Waals surface area contributed by atoms with Crippen LogP contribution in [0.3, 0.4) is 0 Å². The number of sulfone groups is 1. The van der Waals surface area contributed by atoms with Gasteiger partial charge in [0.05, 0.1) is 5.75 Å². The molecule has 0 aliphatic heterocycles. The number of benzene rings is 1. The van der Waals surface area contributed by atoms with Crippen molar-refractivity contribution in [1.29, 1.82) is 0 Å². The van der Waals surface area contributed by atoms with Gasteiger partial charge in [-0.05, 0) is 38.3 Å². The van der Waals surface area contributed by atoms with Gasteiger partial charge in [0.15, 0.2) is 9.84 Å². The van der Waals surface area contributed by atoms with Gasteiger partial charge < -0.3 is 5.32 Å². The van der Waals surface area contributed by atoms with Crippen molar-refractivity contribution in [2.75, 3.05) is 6.54 Å². The van der Waals surface area contributed by atoms with Gasteiger partial charge in [-0.25, -0.2) is 8.42 Å². The molecule has 1 aromatic rings. The highest BCUT2D eigenvalue weighted by atomic mass is 32.2. The monoisotopic (exact) mass is 297 g/mol. The van der Waals surface area contributed by atoms with Gasteiger partial charge >= 0.3 is 0 Å². The van der Waals surface area contributed by atoms with Crippen LogP contribution in [0, 0.1) is 13.8 Å². The third kappa shape index (κ3) is 4.34. The van der Waals surface area contributed by atoms with Crippen LogP contribution in [0.4, 0.5) is 0 Å². The average molecular weight is 297 g/mol. The minimum absolute atomic E-state index is 0.0960. The molecule has 112 valence electrons. The lowest BCUT2D eigenvalue weighted by atomic mass is 10.1. The number of nitrogens with one attached hydrogen (secondary N) is 1.